The Kier molecular flexibility index (Phi) is 6.74. The number of imide groups is 1. The fraction of sp³-hybridized carbons (Fsp3) is 0.450. The third-order valence-corrected chi connectivity index (χ3v) is 5.28. The van der Waals surface area contributed by atoms with Gasteiger partial charge in [0, 0.05) is 18.7 Å². The lowest BCUT2D eigenvalue weighted by Gasteiger charge is -2.28. The second-order valence-corrected chi connectivity index (χ2v) is 7.82. The Bertz CT molecular complexity index is 910. The lowest BCUT2D eigenvalue weighted by molar-refractivity contribution is -0.128. The molecule has 3 amide bonds. The summed E-state index contributed by atoms with van der Waals surface area (Å²) in [5.41, 5.74) is 3.88. The van der Waals surface area contributed by atoms with Gasteiger partial charge in [-0.1, -0.05) is 17.2 Å². The number of amides is 3. The molecule has 0 aliphatic carbocycles. The first-order valence-electron chi connectivity index (χ1n) is 9.61. The van der Waals surface area contributed by atoms with Crippen molar-refractivity contribution in [1.29, 1.82) is 0 Å². The molecule has 0 saturated carbocycles. The zero-order valence-electron chi connectivity index (χ0n) is 17.1. The number of nitrogens with one attached hydrogen (secondary N) is 2. The van der Waals surface area contributed by atoms with E-state index in [9.17, 15) is 18.8 Å². The summed E-state index contributed by atoms with van der Waals surface area (Å²) in [6.45, 7) is 7.29. The molecule has 2 N–H and O–H groups in total. The second kappa shape index (κ2) is 9.11. The number of rotatable bonds is 5. The number of ether oxygens (including phenoxy) is 1. The molecular weight excluding hydrogens is 415 g/mol. The van der Waals surface area contributed by atoms with Crippen molar-refractivity contribution >= 4 is 40.7 Å². The highest BCUT2D eigenvalue weighted by atomic mass is 35.5. The number of carbonyl (C=O) groups excluding carboxylic acids is 3. The highest BCUT2D eigenvalue weighted by Gasteiger charge is 2.37. The minimum absolute atomic E-state index is 0.0313. The van der Waals surface area contributed by atoms with Crippen LogP contribution >= 0.6 is 11.6 Å². The van der Waals surface area contributed by atoms with Crippen molar-refractivity contribution < 1.29 is 23.5 Å². The maximum absolute atomic E-state index is 14.6. The standard InChI is InChI=1S/C20H24ClFN4O4/c1-11(2)13-8-18(27)26(20(13)29)17-10-16(14(21)9-15(17)22)23-12(3)19(28)24-25-4-6-30-7-5-25/h9-10,12,23H,4-8H2,1-3H3,(H,24,28). The molecule has 0 aromatic heterocycles. The SMILES string of the molecule is CC(C)=C1CC(=O)N(c2cc(NC(C)C(=O)NN3CCOCC3)c(Cl)cc2F)C1=O. The number of anilines is 2. The van der Waals surface area contributed by atoms with E-state index in [-0.39, 0.29) is 28.7 Å². The molecular formula is C20H24ClFN4O4. The van der Waals surface area contributed by atoms with E-state index in [0.717, 1.165) is 11.0 Å². The Morgan fingerprint density at radius 2 is 1.90 bits per heavy atom. The summed E-state index contributed by atoms with van der Waals surface area (Å²) < 4.78 is 19.8. The van der Waals surface area contributed by atoms with Crippen molar-refractivity contribution in [3.63, 3.8) is 0 Å². The lowest BCUT2D eigenvalue weighted by atomic mass is 10.1. The van der Waals surface area contributed by atoms with E-state index in [0.29, 0.717) is 37.4 Å². The van der Waals surface area contributed by atoms with Crippen LogP contribution in [-0.2, 0) is 19.1 Å². The molecule has 2 aliphatic heterocycles. The summed E-state index contributed by atoms with van der Waals surface area (Å²) in [5, 5.41) is 4.71. The van der Waals surface area contributed by atoms with E-state index in [1.54, 1.807) is 25.8 Å². The number of hydrazine groups is 1. The molecule has 1 aromatic rings. The van der Waals surface area contributed by atoms with Crippen LogP contribution in [0.25, 0.3) is 0 Å². The monoisotopic (exact) mass is 438 g/mol. The van der Waals surface area contributed by atoms with Gasteiger partial charge in [-0.2, -0.15) is 0 Å². The molecule has 10 heteroatoms. The highest BCUT2D eigenvalue weighted by Crippen LogP contribution is 2.35. The van der Waals surface area contributed by atoms with Crippen LogP contribution in [0.3, 0.4) is 0 Å². The molecule has 8 nitrogen and oxygen atoms in total. The molecule has 162 valence electrons. The number of nitrogens with zero attached hydrogens (tertiary/aromatic N) is 2. The molecule has 2 saturated heterocycles. The van der Waals surface area contributed by atoms with Crippen molar-refractivity contribution in [2.45, 2.75) is 33.2 Å². The molecule has 2 heterocycles. The van der Waals surface area contributed by atoms with Gasteiger partial charge in [0.05, 0.1) is 36.0 Å². The first-order chi connectivity index (χ1) is 14.2. The summed E-state index contributed by atoms with van der Waals surface area (Å²) in [5.74, 6) is -2.17. The Balaban J connectivity index is 1.80. The van der Waals surface area contributed by atoms with Gasteiger partial charge in [0.25, 0.3) is 11.8 Å². The van der Waals surface area contributed by atoms with E-state index in [1.165, 1.54) is 6.07 Å². The van der Waals surface area contributed by atoms with Crippen LogP contribution in [0.2, 0.25) is 5.02 Å². The number of morpholine rings is 1. The molecule has 0 spiro atoms. The third-order valence-electron chi connectivity index (χ3n) is 4.96. The molecule has 3 rings (SSSR count). The maximum Gasteiger partial charge on any atom is 0.261 e. The number of carbonyl (C=O) groups is 3. The summed E-state index contributed by atoms with van der Waals surface area (Å²) in [4.78, 5) is 38.3. The van der Waals surface area contributed by atoms with Gasteiger partial charge in [0.2, 0.25) is 5.91 Å². The summed E-state index contributed by atoms with van der Waals surface area (Å²) >= 11 is 6.14. The zero-order chi connectivity index (χ0) is 22.0. The third kappa shape index (κ3) is 4.63. The number of benzene rings is 1. The normalized spacial score (nSPS) is 18.6. The molecule has 2 aliphatic rings. The smallest absolute Gasteiger partial charge is 0.261 e. The fourth-order valence-corrected chi connectivity index (χ4v) is 3.44. The van der Waals surface area contributed by atoms with Crippen LogP contribution in [0.15, 0.2) is 23.3 Å². The van der Waals surface area contributed by atoms with Gasteiger partial charge in [-0.15, -0.1) is 0 Å². The first-order valence-corrected chi connectivity index (χ1v) is 9.99. The minimum atomic E-state index is -0.798. The number of hydrogen-bond acceptors (Lipinski definition) is 6. The topological polar surface area (TPSA) is 91.0 Å². The largest absolute Gasteiger partial charge is 0.379 e. The Labute approximate surface area is 178 Å². The van der Waals surface area contributed by atoms with Crippen LogP contribution < -0.4 is 15.6 Å². The van der Waals surface area contributed by atoms with Gasteiger partial charge in [0.15, 0.2) is 0 Å². The average molecular weight is 439 g/mol. The summed E-state index contributed by atoms with van der Waals surface area (Å²) in [7, 11) is 0. The zero-order valence-corrected chi connectivity index (χ0v) is 17.8. The van der Waals surface area contributed by atoms with E-state index in [2.05, 4.69) is 10.7 Å². The lowest BCUT2D eigenvalue weighted by Crippen LogP contribution is -2.52. The van der Waals surface area contributed by atoms with Crippen molar-refractivity contribution in [3.8, 4) is 0 Å². The Morgan fingerprint density at radius 1 is 1.23 bits per heavy atom. The molecule has 1 atom stereocenters. The van der Waals surface area contributed by atoms with Gasteiger partial charge in [-0.3, -0.25) is 19.8 Å². The van der Waals surface area contributed by atoms with Crippen LogP contribution in [0.1, 0.15) is 27.2 Å². The summed E-state index contributed by atoms with van der Waals surface area (Å²) in [6.07, 6.45) is -0.0790. The Morgan fingerprint density at radius 3 is 2.50 bits per heavy atom. The van der Waals surface area contributed by atoms with E-state index in [4.69, 9.17) is 16.3 Å². The van der Waals surface area contributed by atoms with Crippen LogP contribution in [-0.4, -0.2) is 55.1 Å². The highest BCUT2D eigenvalue weighted by molar-refractivity contribution is 6.34. The molecule has 30 heavy (non-hydrogen) atoms. The second-order valence-electron chi connectivity index (χ2n) is 7.41. The van der Waals surface area contributed by atoms with Gasteiger partial charge in [-0.05, 0) is 32.9 Å². The van der Waals surface area contributed by atoms with Gasteiger partial charge in [0.1, 0.15) is 11.9 Å². The predicted octanol–water partition coefficient (Wildman–Crippen LogP) is 2.24. The molecule has 1 unspecified atom stereocenters. The first kappa shape index (κ1) is 22.2. The maximum atomic E-state index is 14.6. The van der Waals surface area contributed by atoms with Gasteiger partial charge >= 0.3 is 0 Å². The van der Waals surface area contributed by atoms with Crippen molar-refractivity contribution in [3.05, 3.63) is 34.1 Å². The number of hydrogen-bond donors (Lipinski definition) is 2. The molecule has 1 aromatic carbocycles. The van der Waals surface area contributed by atoms with Crippen molar-refractivity contribution in [2.24, 2.45) is 0 Å². The van der Waals surface area contributed by atoms with Crippen LogP contribution in [0.5, 0.6) is 0 Å². The van der Waals surface area contributed by atoms with Crippen LogP contribution in [0, 0.1) is 5.82 Å². The van der Waals surface area contributed by atoms with E-state index in [1.807, 2.05) is 0 Å². The minimum Gasteiger partial charge on any atom is -0.379 e. The average Bonchev–Trinajstić information content (AvgIpc) is 2.99. The fourth-order valence-electron chi connectivity index (χ4n) is 3.23. The number of halogens is 2. The van der Waals surface area contributed by atoms with E-state index < -0.39 is 23.7 Å². The van der Waals surface area contributed by atoms with Crippen molar-refractivity contribution in [2.75, 3.05) is 36.5 Å². The summed E-state index contributed by atoms with van der Waals surface area (Å²) in [6, 6.07) is 1.59. The molecule has 2 fully saturated rings. The van der Waals surface area contributed by atoms with Crippen LogP contribution in [0.4, 0.5) is 15.8 Å². The molecule has 0 radical (unpaired) electrons. The van der Waals surface area contributed by atoms with Crippen molar-refractivity contribution in [1.82, 2.24) is 10.4 Å². The van der Waals surface area contributed by atoms with Gasteiger partial charge in [-0.25, -0.2) is 14.3 Å². The molecule has 0 bridgehead atoms. The van der Waals surface area contributed by atoms with E-state index >= 15 is 0 Å². The van der Waals surface area contributed by atoms with Gasteiger partial charge < -0.3 is 10.1 Å². The number of allylic oxidation sites excluding steroid dienone is 1. The Hall–Kier alpha value is -2.49. The quantitative estimate of drug-likeness (QED) is 0.541. The predicted molar refractivity (Wildman–Crippen MR) is 111 cm³/mol.